The van der Waals surface area contributed by atoms with Crippen molar-refractivity contribution in [3.05, 3.63) is 243 Å². The lowest BCUT2D eigenvalue weighted by Gasteiger charge is -2.14. The van der Waals surface area contributed by atoms with E-state index in [-0.39, 0.29) is 0 Å². The Bertz CT molecular complexity index is 5170. The van der Waals surface area contributed by atoms with Crippen molar-refractivity contribution in [2.24, 2.45) is 0 Å². The molecule has 0 aliphatic rings. The zero-order chi connectivity index (χ0) is 50.3. The van der Waals surface area contributed by atoms with Crippen molar-refractivity contribution in [3.63, 3.8) is 0 Å². The molecule has 0 atom stereocenters. The second-order valence-corrected chi connectivity index (χ2v) is 19.9. The third-order valence-corrected chi connectivity index (χ3v) is 15.7. The van der Waals surface area contributed by atoms with Gasteiger partial charge in [-0.05, 0) is 114 Å². The van der Waals surface area contributed by atoms with Gasteiger partial charge in [0.2, 0.25) is 5.95 Å². The molecule has 11 aromatic carbocycles. The Morgan fingerprint density at radius 2 is 0.688 bits per heavy atom. The normalized spacial score (nSPS) is 12.2. The fourth-order valence-corrected chi connectivity index (χ4v) is 12.3. The van der Waals surface area contributed by atoms with E-state index in [1.807, 2.05) is 60.7 Å². The van der Waals surface area contributed by atoms with Crippen molar-refractivity contribution in [1.82, 2.24) is 28.7 Å². The van der Waals surface area contributed by atoms with Gasteiger partial charge in [-0.1, -0.05) is 140 Å². The predicted octanol–water partition coefficient (Wildman–Crippen LogP) is 18.0. The first-order valence-corrected chi connectivity index (χ1v) is 25.9. The Morgan fingerprint density at radius 1 is 0.247 bits per heavy atom. The van der Waals surface area contributed by atoms with Gasteiger partial charge in [0, 0.05) is 76.4 Å². The van der Waals surface area contributed by atoms with Crippen LogP contribution >= 0.6 is 0 Å². The Morgan fingerprint density at radius 3 is 1.31 bits per heavy atom. The Labute approximate surface area is 438 Å². The van der Waals surface area contributed by atoms with Crippen molar-refractivity contribution in [1.29, 1.82) is 0 Å². The highest BCUT2D eigenvalue weighted by molar-refractivity contribution is 6.24. The molecule has 358 valence electrons. The molecular weight excluding hydrogens is 945 g/mol. The molecule has 8 heteroatoms. The van der Waals surface area contributed by atoms with Crippen LogP contribution in [-0.4, -0.2) is 28.7 Å². The predicted molar refractivity (Wildman–Crippen MR) is 314 cm³/mol. The van der Waals surface area contributed by atoms with Gasteiger partial charge in [0.15, 0.2) is 11.6 Å². The summed E-state index contributed by atoms with van der Waals surface area (Å²) in [4.78, 5) is 16.4. The zero-order valence-electron chi connectivity index (χ0n) is 41.1. The fraction of sp³-hybridized carbons (Fsp3) is 0. The van der Waals surface area contributed by atoms with E-state index in [1.165, 1.54) is 21.8 Å². The monoisotopic (exact) mass is 984 g/mol. The summed E-state index contributed by atoms with van der Waals surface area (Å²) in [6.45, 7) is 0. The first kappa shape index (κ1) is 41.9. The summed E-state index contributed by atoms with van der Waals surface area (Å²) >= 11 is 0. The minimum Gasteiger partial charge on any atom is -0.456 e. The quantitative estimate of drug-likeness (QED) is 0.166. The highest BCUT2D eigenvalue weighted by Gasteiger charge is 2.25. The largest absolute Gasteiger partial charge is 0.456 e. The van der Waals surface area contributed by atoms with Gasteiger partial charge in [-0.3, -0.25) is 4.57 Å². The zero-order valence-corrected chi connectivity index (χ0v) is 41.1. The number of aromatic nitrogens is 6. The summed E-state index contributed by atoms with van der Waals surface area (Å²) in [5.41, 5.74) is 15.9. The molecule has 17 rings (SSSR count). The van der Waals surface area contributed by atoms with Gasteiger partial charge < -0.3 is 18.0 Å². The molecule has 0 saturated heterocycles. The minimum absolute atomic E-state index is 0.506. The van der Waals surface area contributed by atoms with E-state index in [2.05, 4.69) is 196 Å². The van der Waals surface area contributed by atoms with Crippen molar-refractivity contribution in [2.75, 3.05) is 0 Å². The van der Waals surface area contributed by atoms with Crippen molar-refractivity contribution in [3.8, 4) is 51.2 Å². The lowest BCUT2D eigenvalue weighted by molar-refractivity contribution is 0.668. The van der Waals surface area contributed by atoms with Crippen LogP contribution in [0.1, 0.15) is 0 Å². The van der Waals surface area contributed by atoms with Gasteiger partial charge >= 0.3 is 0 Å². The fourth-order valence-electron chi connectivity index (χ4n) is 12.3. The van der Waals surface area contributed by atoms with E-state index in [1.54, 1.807) is 0 Å². The number of nitrogens with zero attached hydrogens (tertiary/aromatic N) is 6. The molecule has 0 radical (unpaired) electrons. The van der Waals surface area contributed by atoms with Gasteiger partial charge in [-0.2, -0.15) is 9.97 Å². The van der Waals surface area contributed by atoms with Gasteiger partial charge in [0.25, 0.3) is 0 Å². The number of fused-ring (bicyclic) bond motifs is 16. The molecule has 0 saturated carbocycles. The Balaban J connectivity index is 0.920. The maximum atomic E-state index is 6.31. The molecule has 0 fully saturated rings. The second kappa shape index (κ2) is 16.0. The molecule has 0 N–H and O–H groups in total. The van der Waals surface area contributed by atoms with Crippen LogP contribution in [-0.2, 0) is 0 Å². The molecule has 8 nitrogen and oxygen atoms in total. The summed E-state index contributed by atoms with van der Waals surface area (Å²) in [5, 5.41) is 11.0. The standard InChI is InChI=1S/C69H40N6O2/c1-2-16-45(17-3-1)73-57-24-9-6-21-49(57)54-38-42(29-34-60(54)73)41-15-14-18-46(37-41)74-58-25-10-4-19-47(58)52-32-33-53-48-20-5-11-26-59(48)75(66(53)65(52)74)69-71-67(43-30-35-63-55(39-43)50-22-7-12-27-61(50)76-63)70-68(72-69)44-31-36-64-56(40-44)51-23-8-13-28-62(51)77-64/h1-40H. The molecule has 0 unspecified atom stereocenters. The van der Waals surface area contributed by atoms with Gasteiger partial charge in [-0.15, -0.1) is 0 Å². The highest BCUT2D eigenvalue weighted by Crippen LogP contribution is 2.43. The lowest BCUT2D eigenvalue weighted by atomic mass is 10.0. The van der Waals surface area contributed by atoms with Gasteiger partial charge in [0.1, 0.15) is 22.3 Å². The third kappa shape index (κ3) is 6.18. The van der Waals surface area contributed by atoms with Crippen molar-refractivity contribution in [2.45, 2.75) is 0 Å². The Hall–Kier alpha value is -10.6. The average Bonchev–Trinajstić information content (AvgIpc) is 4.45. The van der Waals surface area contributed by atoms with E-state index in [0.29, 0.717) is 17.6 Å². The van der Waals surface area contributed by atoms with Crippen LogP contribution in [0.3, 0.4) is 0 Å². The first-order valence-electron chi connectivity index (χ1n) is 25.9. The average molecular weight is 985 g/mol. The minimum atomic E-state index is 0.506. The molecule has 77 heavy (non-hydrogen) atoms. The summed E-state index contributed by atoms with van der Waals surface area (Å²) in [7, 11) is 0. The van der Waals surface area contributed by atoms with Crippen molar-refractivity contribution >= 4 is 109 Å². The third-order valence-electron chi connectivity index (χ3n) is 15.7. The van der Waals surface area contributed by atoms with Crippen LogP contribution in [0.2, 0.25) is 0 Å². The molecule has 6 aromatic heterocycles. The summed E-state index contributed by atoms with van der Waals surface area (Å²) in [5.74, 6) is 1.60. The number of benzene rings is 11. The lowest BCUT2D eigenvalue weighted by Crippen LogP contribution is -2.07. The maximum absolute atomic E-state index is 6.31. The number of rotatable bonds is 6. The van der Waals surface area contributed by atoms with E-state index in [4.69, 9.17) is 23.8 Å². The number of hydrogen-bond donors (Lipinski definition) is 0. The van der Waals surface area contributed by atoms with E-state index < -0.39 is 0 Å². The topological polar surface area (TPSA) is 79.7 Å². The van der Waals surface area contributed by atoms with Gasteiger partial charge in [0.05, 0.1) is 33.1 Å². The van der Waals surface area contributed by atoms with Crippen LogP contribution in [0, 0.1) is 0 Å². The van der Waals surface area contributed by atoms with E-state index in [0.717, 1.165) is 121 Å². The van der Waals surface area contributed by atoms with Crippen LogP contribution in [0.25, 0.3) is 161 Å². The Kier molecular flexibility index (Phi) is 8.68. The smallest absolute Gasteiger partial charge is 0.238 e. The molecule has 17 aromatic rings. The second-order valence-electron chi connectivity index (χ2n) is 19.9. The molecular formula is C69H40N6O2. The SMILES string of the molecule is c1ccc(-n2c3ccccc3c3cc(-c4cccc(-n5c6ccccc6c6ccc7c8ccccc8n(-c8nc(-c9ccc%10oc%11ccccc%11c%10c9)nc(-c9ccc%10oc%11ccccc%11c%10c9)n8)c7c65)c4)ccc32)cc1. The first-order chi connectivity index (χ1) is 38.2. The van der Waals surface area contributed by atoms with Crippen LogP contribution < -0.4 is 0 Å². The number of furan rings is 2. The van der Waals surface area contributed by atoms with E-state index >= 15 is 0 Å². The summed E-state index contributed by atoms with van der Waals surface area (Å²) in [6.07, 6.45) is 0. The number of para-hydroxylation sites is 6. The van der Waals surface area contributed by atoms with Crippen LogP contribution in [0.4, 0.5) is 0 Å². The van der Waals surface area contributed by atoms with Crippen molar-refractivity contribution < 1.29 is 8.83 Å². The molecule has 6 heterocycles. The molecule has 0 spiro atoms. The number of hydrogen-bond acceptors (Lipinski definition) is 5. The summed E-state index contributed by atoms with van der Waals surface area (Å²) in [6, 6.07) is 85.8. The van der Waals surface area contributed by atoms with Crippen LogP contribution in [0.15, 0.2) is 251 Å². The van der Waals surface area contributed by atoms with E-state index in [9.17, 15) is 0 Å². The molecule has 0 bridgehead atoms. The molecule has 0 aliphatic heterocycles. The summed E-state index contributed by atoms with van der Waals surface area (Å²) < 4.78 is 19.7. The van der Waals surface area contributed by atoms with Crippen LogP contribution in [0.5, 0.6) is 0 Å². The maximum Gasteiger partial charge on any atom is 0.238 e. The molecule has 0 amide bonds. The highest BCUT2D eigenvalue weighted by atomic mass is 16.3. The van der Waals surface area contributed by atoms with Gasteiger partial charge in [-0.25, -0.2) is 4.98 Å². The molecule has 0 aliphatic carbocycles.